The first-order valence-electron chi connectivity index (χ1n) is 14.3. The minimum atomic E-state index is -0.633. The van der Waals surface area contributed by atoms with Gasteiger partial charge in [-0.1, -0.05) is 84.4 Å². The van der Waals surface area contributed by atoms with Gasteiger partial charge in [-0.25, -0.2) is 4.39 Å². The van der Waals surface area contributed by atoms with Crippen molar-refractivity contribution in [2.75, 3.05) is 10.6 Å². The van der Waals surface area contributed by atoms with Crippen LogP contribution in [0.3, 0.4) is 0 Å². The van der Waals surface area contributed by atoms with Crippen molar-refractivity contribution >= 4 is 58.5 Å². The molecule has 0 radical (unpaired) electrons. The fourth-order valence-corrected chi connectivity index (χ4v) is 5.67. The molecule has 0 aliphatic rings. The minimum Gasteiger partial charge on any atom is -0.325 e. The molecule has 3 N–H and O–H groups in total. The van der Waals surface area contributed by atoms with Crippen LogP contribution >= 0.6 is 23.4 Å². The topological polar surface area (TPSA) is 87.3 Å². The number of rotatable bonds is 10. The first-order valence-corrected chi connectivity index (χ1v) is 15.6. The number of benzene rings is 5. The fourth-order valence-electron chi connectivity index (χ4n) is 4.47. The van der Waals surface area contributed by atoms with Gasteiger partial charge in [0.15, 0.2) is 0 Å². The number of hydrogen-bond acceptors (Lipinski definition) is 4. The van der Waals surface area contributed by atoms with E-state index in [0.717, 1.165) is 16.0 Å². The molecule has 5 aromatic rings. The maximum Gasteiger partial charge on any atom is 0.272 e. The number of thioether (sulfide) groups is 1. The predicted octanol–water partition coefficient (Wildman–Crippen LogP) is 8.67. The van der Waals surface area contributed by atoms with E-state index in [-0.39, 0.29) is 17.2 Å². The van der Waals surface area contributed by atoms with Crippen LogP contribution in [0.5, 0.6) is 0 Å². The molecule has 230 valence electrons. The molecule has 0 fully saturated rings. The lowest BCUT2D eigenvalue weighted by Gasteiger charge is -2.18. The molecule has 5 rings (SSSR count). The number of halogens is 2. The van der Waals surface area contributed by atoms with Crippen molar-refractivity contribution < 1.29 is 18.8 Å². The van der Waals surface area contributed by atoms with Gasteiger partial charge in [-0.05, 0) is 78.7 Å². The van der Waals surface area contributed by atoms with Crippen molar-refractivity contribution in [3.8, 4) is 0 Å². The maximum atomic E-state index is 14.5. The van der Waals surface area contributed by atoms with Gasteiger partial charge < -0.3 is 16.0 Å². The number of amides is 3. The summed E-state index contributed by atoms with van der Waals surface area (Å²) in [5, 5.41) is 8.33. The van der Waals surface area contributed by atoms with E-state index >= 15 is 0 Å². The van der Waals surface area contributed by atoms with Crippen molar-refractivity contribution in [1.29, 1.82) is 0 Å². The monoisotopic (exact) mass is 649 g/mol. The molecule has 5 aromatic carbocycles. The Kier molecular flexibility index (Phi) is 10.7. The third-order valence-corrected chi connectivity index (χ3v) is 8.40. The Morgan fingerprint density at radius 3 is 2.13 bits per heavy atom. The summed E-state index contributed by atoms with van der Waals surface area (Å²) in [5.74, 6) is -1.89. The van der Waals surface area contributed by atoms with E-state index in [0.29, 0.717) is 22.0 Å². The van der Waals surface area contributed by atoms with Gasteiger partial charge in [0.25, 0.3) is 11.8 Å². The van der Waals surface area contributed by atoms with Gasteiger partial charge >= 0.3 is 0 Å². The predicted molar refractivity (Wildman–Crippen MR) is 183 cm³/mol. The van der Waals surface area contributed by atoms with Gasteiger partial charge in [0.05, 0.1) is 0 Å². The molecule has 3 amide bonds. The van der Waals surface area contributed by atoms with Crippen LogP contribution in [-0.2, 0) is 9.59 Å². The Labute approximate surface area is 275 Å². The highest BCUT2D eigenvalue weighted by atomic mass is 35.5. The summed E-state index contributed by atoms with van der Waals surface area (Å²) in [6.45, 7) is 1.90. The van der Waals surface area contributed by atoms with Gasteiger partial charge in [-0.2, -0.15) is 0 Å². The molecule has 0 bridgehead atoms. The third-order valence-electron chi connectivity index (χ3n) is 6.90. The quantitative estimate of drug-likeness (QED) is 0.104. The minimum absolute atomic E-state index is 0.130. The molecule has 1 unspecified atom stereocenters. The van der Waals surface area contributed by atoms with Crippen LogP contribution in [0.15, 0.2) is 138 Å². The van der Waals surface area contributed by atoms with Crippen molar-refractivity contribution in [2.24, 2.45) is 0 Å². The number of aryl methyl sites for hydroxylation is 1. The van der Waals surface area contributed by atoms with Crippen LogP contribution < -0.4 is 16.0 Å². The molecule has 0 aliphatic heterocycles. The average Bonchev–Trinajstić information content (AvgIpc) is 3.07. The summed E-state index contributed by atoms with van der Waals surface area (Å²) in [5.41, 5.74) is 3.14. The number of anilines is 2. The second kappa shape index (κ2) is 15.2. The van der Waals surface area contributed by atoms with E-state index < -0.39 is 22.9 Å². The molecule has 9 heteroatoms. The highest BCUT2D eigenvalue weighted by Crippen LogP contribution is 2.37. The molecule has 0 spiro atoms. The van der Waals surface area contributed by atoms with Crippen LogP contribution in [0, 0.1) is 12.7 Å². The van der Waals surface area contributed by atoms with Gasteiger partial charge in [0, 0.05) is 32.4 Å². The molecular formula is C37H29ClFN3O3S. The van der Waals surface area contributed by atoms with E-state index in [1.165, 1.54) is 30.0 Å². The van der Waals surface area contributed by atoms with Crippen molar-refractivity contribution in [1.82, 2.24) is 5.32 Å². The highest BCUT2D eigenvalue weighted by molar-refractivity contribution is 8.00. The van der Waals surface area contributed by atoms with E-state index in [9.17, 15) is 18.8 Å². The standard InChI is InChI=1S/C37H29ClFN3O3S/c1-24-16-17-28(38)23-32(24)41-37(45)34(25-10-4-2-5-11-25)46-30-20-18-29(19-21-30)40-36(44)33(22-27-14-8-9-15-31(27)39)42-35(43)26-12-6-3-7-13-26/h2-23,34H,1H3,(H,40,44)(H,41,45)(H,42,43)/b33-22-. The first kappa shape index (κ1) is 32.2. The lowest BCUT2D eigenvalue weighted by molar-refractivity contribution is -0.116. The molecule has 0 aliphatic carbocycles. The Morgan fingerprint density at radius 2 is 1.43 bits per heavy atom. The molecule has 0 saturated carbocycles. The Hall–Kier alpha value is -5.18. The zero-order valence-electron chi connectivity index (χ0n) is 24.7. The van der Waals surface area contributed by atoms with E-state index in [1.807, 2.05) is 43.3 Å². The van der Waals surface area contributed by atoms with Crippen LogP contribution in [0.4, 0.5) is 15.8 Å². The smallest absolute Gasteiger partial charge is 0.272 e. The lowest BCUT2D eigenvalue weighted by atomic mass is 10.1. The largest absolute Gasteiger partial charge is 0.325 e. The third kappa shape index (κ3) is 8.50. The Morgan fingerprint density at radius 1 is 0.783 bits per heavy atom. The second-order valence-electron chi connectivity index (χ2n) is 10.2. The normalized spacial score (nSPS) is 11.8. The highest BCUT2D eigenvalue weighted by Gasteiger charge is 2.23. The maximum absolute atomic E-state index is 14.5. The molecule has 0 heterocycles. The van der Waals surface area contributed by atoms with Crippen molar-refractivity contribution in [2.45, 2.75) is 17.1 Å². The van der Waals surface area contributed by atoms with E-state index in [1.54, 1.807) is 78.9 Å². The average molecular weight is 650 g/mol. The summed E-state index contributed by atoms with van der Waals surface area (Å²) in [6.07, 6.45) is 1.29. The zero-order chi connectivity index (χ0) is 32.5. The summed E-state index contributed by atoms with van der Waals surface area (Å²) < 4.78 is 14.5. The molecule has 0 aromatic heterocycles. The number of nitrogens with one attached hydrogen (secondary N) is 3. The number of hydrogen-bond donors (Lipinski definition) is 3. The van der Waals surface area contributed by atoms with Gasteiger partial charge in [-0.3, -0.25) is 14.4 Å². The molecular weight excluding hydrogens is 621 g/mol. The lowest BCUT2D eigenvalue weighted by Crippen LogP contribution is -2.30. The molecule has 0 saturated heterocycles. The Bertz CT molecular complexity index is 1880. The van der Waals surface area contributed by atoms with Crippen LogP contribution in [0.25, 0.3) is 6.08 Å². The summed E-state index contributed by atoms with van der Waals surface area (Å²) in [7, 11) is 0. The van der Waals surface area contributed by atoms with Crippen LogP contribution in [-0.4, -0.2) is 17.7 Å². The number of carbonyl (C=O) groups excluding carboxylic acids is 3. The molecule has 6 nitrogen and oxygen atoms in total. The SMILES string of the molecule is Cc1ccc(Cl)cc1NC(=O)C(Sc1ccc(NC(=O)/C(=C/c2ccccc2F)NC(=O)c2ccccc2)cc1)c1ccccc1. The van der Waals surface area contributed by atoms with Gasteiger partial charge in [0.1, 0.15) is 16.8 Å². The first-order chi connectivity index (χ1) is 22.3. The van der Waals surface area contributed by atoms with E-state index in [4.69, 9.17) is 11.6 Å². The van der Waals surface area contributed by atoms with Crippen molar-refractivity contribution in [3.05, 3.63) is 166 Å². The Balaban J connectivity index is 1.34. The van der Waals surface area contributed by atoms with Crippen molar-refractivity contribution in [3.63, 3.8) is 0 Å². The van der Waals surface area contributed by atoms with Crippen LogP contribution in [0.1, 0.15) is 32.3 Å². The second-order valence-corrected chi connectivity index (χ2v) is 11.9. The van der Waals surface area contributed by atoms with E-state index in [2.05, 4.69) is 16.0 Å². The van der Waals surface area contributed by atoms with Crippen LogP contribution in [0.2, 0.25) is 5.02 Å². The number of carbonyl (C=O) groups is 3. The summed E-state index contributed by atoms with van der Waals surface area (Å²) in [6, 6.07) is 36.1. The summed E-state index contributed by atoms with van der Waals surface area (Å²) >= 11 is 7.52. The van der Waals surface area contributed by atoms with Gasteiger partial charge in [0.2, 0.25) is 5.91 Å². The molecule has 1 atom stereocenters. The summed E-state index contributed by atoms with van der Waals surface area (Å²) in [4.78, 5) is 40.6. The fraction of sp³-hybridized carbons (Fsp3) is 0.0541. The zero-order valence-corrected chi connectivity index (χ0v) is 26.2. The molecule has 46 heavy (non-hydrogen) atoms. The van der Waals surface area contributed by atoms with Gasteiger partial charge in [-0.15, -0.1) is 11.8 Å².